The molecule has 83 valence electrons. The fourth-order valence-electron chi connectivity index (χ4n) is 1.34. The topological polar surface area (TPSA) is 44.5 Å². The third-order valence-electron chi connectivity index (χ3n) is 1.91. The van der Waals surface area contributed by atoms with Crippen molar-refractivity contribution in [3.05, 3.63) is 29.8 Å². The van der Waals surface area contributed by atoms with Gasteiger partial charge in [-0.2, -0.15) is 0 Å². The Balaban J connectivity index is 2.56. The third-order valence-corrected chi connectivity index (χ3v) is 3.83. The van der Waals surface area contributed by atoms with Crippen molar-refractivity contribution in [3.63, 3.8) is 0 Å². The molecule has 0 aromatic heterocycles. The molecule has 0 heterocycles. The van der Waals surface area contributed by atoms with Crippen molar-refractivity contribution >= 4 is 15.0 Å². The summed E-state index contributed by atoms with van der Waals surface area (Å²) >= 11 is 0. The molecule has 0 aliphatic carbocycles. The van der Waals surface area contributed by atoms with Crippen LogP contribution in [0.25, 0.3) is 0 Å². The first-order chi connectivity index (χ1) is 7.26. The van der Waals surface area contributed by atoms with E-state index in [1.165, 1.54) is 5.56 Å². The molecular weight excluding hydrogens is 206 g/mol. The molecule has 0 atom stereocenters. The predicted molar refractivity (Wildman–Crippen MR) is 63.6 cm³/mol. The van der Waals surface area contributed by atoms with Crippen LogP contribution >= 0.6 is 0 Å². The number of benzene rings is 1. The Kier molecular flexibility index (Phi) is 5.38. The second-order valence-corrected chi connectivity index (χ2v) is 4.83. The molecule has 1 aromatic rings. The van der Waals surface area contributed by atoms with Gasteiger partial charge in [-0.25, -0.2) is 0 Å². The van der Waals surface area contributed by atoms with E-state index in [2.05, 4.69) is 6.07 Å². The van der Waals surface area contributed by atoms with Gasteiger partial charge in [0, 0.05) is 24.9 Å². The fraction of sp³-hybridized carbons (Fsp3) is 0.455. The van der Waals surface area contributed by atoms with Crippen LogP contribution in [0.3, 0.4) is 0 Å². The van der Waals surface area contributed by atoms with Crippen molar-refractivity contribution in [2.24, 2.45) is 0 Å². The molecule has 1 aromatic carbocycles. The van der Waals surface area contributed by atoms with Crippen molar-refractivity contribution in [2.45, 2.75) is 19.9 Å². The van der Waals surface area contributed by atoms with Gasteiger partial charge in [0.15, 0.2) is 0 Å². The van der Waals surface area contributed by atoms with Gasteiger partial charge in [-0.1, -0.05) is 12.1 Å². The lowest BCUT2D eigenvalue weighted by molar-refractivity contribution is 0.213. The molecule has 0 bridgehead atoms. The normalized spacial score (nSPS) is 10.9. The van der Waals surface area contributed by atoms with Crippen molar-refractivity contribution in [1.29, 1.82) is 0 Å². The third kappa shape index (κ3) is 4.46. The summed E-state index contributed by atoms with van der Waals surface area (Å²) in [5, 5.41) is 0. The van der Waals surface area contributed by atoms with Gasteiger partial charge in [0.2, 0.25) is 0 Å². The van der Waals surface area contributed by atoms with Crippen LogP contribution in [0.1, 0.15) is 19.4 Å². The maximum atomic E-state index is 5.71. The molecule has 15 heavy (non-hydrogen) atoms. The monoisotopic (exact) mass is 224 g/mol. The summed E-state index contributed by atoms with van der Waals surface area (Å²) in [6.45, 7) is 5.39. The number of hydrogen-bond acceptors (Lipinski definition) is 3. The van der Waals surface area contributed by atoms with Gasteiger partial charge < -0.3 is 14.6 Å². The van der Waals surface area contributed by atoms with Crippen LogP contribution in [0, 0.1) is 0 Å². The molecule has 0 amide bonds. The molecule has 0 spiro atoms. The van der Waals surface area contributed by atoms with Gasteiger partial charge in [0.25, 0.3) is 0 Å². The van der Waals surface area contributed by atoms with Gasteiger partial charge in [-0.15, -0.1) is 0 Å². The lowest BCUT2D eigenvalue weighted by atomic mass is 10.2. The Morgan fingerprint density at radius 2 is 1.87 bits per heavy atom. The Morgan fingerprint density at radius 3 is 2.40 bits per heavy atom. The smallest absolute Gasteiger partial charge is 0.389 e. The van der Waals surface area contributed by atoms with Crippen LogP contribution in [-0.2, 0) is 14.9 Å². The molecule has 1 radical (unpaired) electrons. The van der Waals surface area contributed by atoms with E-state index in [0.29, 0.717) is 13.2 Å². The van der Waals surface area contributed by atoms with E-state index in [4.69, 9.17) is 14.6 Å². The van der Waals surface area contributed by atoms with E-state index in [1.807, 2.05) is 32.0 Å². The van der Waals surface area contributed by atoms with Gasteiger partial charge in [0.1, 0.15) is 0 Å². The van der Waals surface area contributed by atoms with Crippen LogP contribution < -0.4 is 5.73 Å². The first-order valence-corrected chi connectivity index (χ1v) is 6.74. The summed E-state index contributed by atoms with van der Waals surface area (Å²) in [5.41, 5.74) is 7.69. The number of rotatable bonds is 6. The van der Waals surface area contributed by atoms with Crippen LogP contribution in [0.2, 0.25) is 0 Å². The Hall–Kier alpha value is -0.843. The van der Waals surface area contributed by atoms with E-state index < -0.39 is 9.28 Å². The molecular formula is C11H18NO2Si. The number of hydrogen-bond donors (Lipinski definition) is 1. The molecule has 0 fully saturated rings. The summed E-state index contributed by atoms with van der Waals surface area (Å²) in [7, 11) is -1.17. The zero-order valence-corrected chi connectivity index (χ0v) is 10.3. The van der Waals surface area contributed by atoms with E-state index >= 15 is 0 Å². The minimum Gasteiger partial charge on any atom is -0.399 e. The molecule has 0 aliphatic rings. The average molecular weight is 224 g/mol. The average Bonchev–Trinajstić information content (AvgIpc) is 2.18. The highest BCUT2D eigenvalue weighted by atomic mass is 28.3. The number of nitrogen functional groups attached to an aromatic ring is 1. The van der Waals surface area contributed by atoms with E-state index in [1.54, 1.807) is 0 Å². The molecule has 2 N–H and O–H groups in total. The Bertz CT molecular complexity index is 288. The SMILES string of the molecule is CCO[Si](Cc1cccc(N)c1)OCC. The van der Waals surface area contributed by atoms with E-state index in [0.717, 1.165) is 11.7 Å². The van der Waals surface area contributed by atoms with Gasteiger partial charge in [-0.05, 0) is 31.5 Å². The standard InChI is InChI=1S/C11H18NO2Si/c1-3-13-15(14-4-2)9-10-6-5-7-11(12)8-10/h5-8H,3-4,9,12H2,1-2H3. The highest BCUT2D eigenvalue weighted by molar-refractivity contribution is 6.43. The van der Waals surface area contributed by atoms with E-state index in [9.17, 15) is 0 Å². The van der Waals surface area contributed by atoms with Crippen molar-refractivity contribution in [1.82, 2.24) is 0 Å². The van der Waals surface area contributed by atoms with Crippen LogP contribution in [0.15, 0.2) is 24.3 Å². The summed E-state index contributed by atoms with van der Waals surface area (Å²) in [5.74, 6) is 0. The lowest BCUT2D eigenvalue weighted by Gasteiger charge is -2.13. The number of anilines is 1. The zero-order valence-electron chi connectivity index (χ0n) is 9.32. The molecule has 3 nitrogen and oxygen atoms in total. The maximum absolute atomic E-state index is 5.71. The molecule has 0 aliphatic heterocycles. The van der Waals surface area contributed by atoms with E-state index in [-0.39, 0.29) is 0 Å². The maximum Gasteiger partial charge on any atom is 0.389 e. The largest absolute Gasteiger partial charge is 0.399 e. The van der Waals surface area contributed by atoms with Crippen molar-refractivity contribution in [2.75, 3.05) is 18.9 Å². The fourth-order valence-corrected chi connectivity index (χ4v) is 2.82. The van der Waals surface area contributed by atoms with Gasteiger partial charge in [0.05, 0.1) is 0 Å². The number of nitrogens with two attached hydrogens (primary N) is 1. The van der Waals surface area contributed by atoms with Crippen LogP contribution in [0.4, 0.5) is 5.69 Å². The first kappa shape index (κ1) is 12.2. The van der Waals surface area contributed by atoms with Crippen LogP contribution in [0.5, 0.6) is 0 Å². The first-order valence-electron chi connectivity index (χ1n) is 5.22. The molecule has 4 heteroatoms. The molecule has 0 saturated heterocycles. The summed E-state index contributed by atoms with van der Waals surface area (Å²) in [6.07, 6.45) is 0. The van der Waals surface area contributed by atoms with Gasteiger partial charge >= 0.3 is 9.28 Å². The Morgan fingerprint density at radius 1 is 1.20 bits per heavy atom. The predicted octanol–water partition coefficient (Wildman–Crippen LogP) is 1.91. The van der Waals surface area contributed by atoms with Crippen LogP contribution in [-0.4, -0.2) is 22.5 Å². The summed E-state index contributed by atoms with van der Waals surface area (Å²) in [4.78, 5) is 0. The van der Waals surface area contributed by atoms with Gasteiger partial charge in [-0.3, -0.25) is 0 Å². The second-order valence-electron chi connectivity index (χ2n) is 3.16. The highest BCUT2D eigenvalue weighted by Crippen LogP contribution is 2.09. The quantitative estimate of drug-likeness (QED) is 0.593. The lowest BCUT2D eigenvalue weighted by Crippen LogP contribution is -2.26. The minimum absolute atomic E-state index is 0.705. The second kappa shape index (κ2) is 6.61. The highest BCUT2D eigenvalue weighted by Gasteiger charge is 2.15. The van der Waals surface area contributed by atoms with Crippen molar-refractivity contribution in [3.8, 4) is 0 Å². The summed E-state index contributed by atoms with van der Waals surface area (Å²) < 4.78 is 11.1. The zero-order chi connectivity index (χ0) is 11.1. The van der Waals surface area contributed by atoms with Crippen molar-refractivity contribution < 1.29 is 8.85 Å². The molecule has 0 saturated carbocycles. The summed E-state index contributed by atoms with van der Waals surface area (Å²) in [6, 6.07) is 8.72. The minimum atomic E-state index is -1.17. The molecule has 1 rings (SSSR count). The molecule has 0 unspecified atom stereocenters. The Labute approximate surface area is 93.0 Å².